The summed E-state index contributed by atoms with van der Waals surface area (Å²) >= 11 is 0. The van der Waals surface area contributed by atoms with E-state index in [0.29, 0.717) is 0 Å². The van der Waals surface area contributed by atoms with Crippen LogP contribution >= 0.6 is 0 Å². The number of hydrogen-bond acceptors (Lipinski definition) is 2. The Morgan fingerprint density at radius 2 is 1.55 bits per heavy atom. The molecule has 0 saturated heterocycles. The van der Waals surface area contributed by atoms with E-state index in [1.807, 2.05) is 19.1 Å². The summed E-state index contributed by atoms with van der Waals surface area (Å²) in [5.41, 5.74) is 3.11. The summed E-state index contributed by atoms with van der Waals surface area (Å²) < 4.78 is 11.7. The molecule has 0 radical (unpaired) electrons. The summed E-state index contributed by atoms with van der Waals surface area (Å²) in [5.74, 6) is 0. The molecule has 0 aromatic rings. The maximum Gasteiger partial charge on any atom is 0.176 e. The molecular weight excluding hydrogens is 248 g/mol. The van der Waals surface area contributed by atoms with Gasteiger partial charge in [0, 0.05) is 0 Å². The van der Waals surface area contributed by atoms with Crippen molar-refractivity contribution >= 4 is 0 Å². The Bertz CT molecular complexity index is 336. The molecule has 112 valence electrons. The lowest BCUT2D eigenvalue weighted by Crippen LogP contribution is -2.16. The standard InChI is InChI=1S/C18H28O2/c1-2-7-18(19-14-12-16-8-3-4-9-16)20-15-13-17-10-5-6-11-17/h2,7-8,10,18H,3-6,9,11-15H2,1H3. The zero-order chi connectivity index (χ0) is 14.0. The Balaban J connectivity index is 1.61. The molecule has 2 aliphatic rings. The van der Waals surface area contributed by atoms with E-state index in [1.165, 1.54) is 38.5 Å². The second-order valence-corrected chi connectivity index (χ2v) is 5.64. The van der Waals surface area contributed by atoms with Gasteiger partial charge in [0.05, 0.1) is 13.2 Å². The fraction of sp³-hybridized carbons (Fsp3) is 0.667. The minimum atomic E-state index is -0.177. The summed E-state index contributed by atoms with van der Waals surface area (Å²) in [5, 5.41) is 0. The maximum absolute atomic E-state index is 5.84. The summed E-state index contributed by atoms with van der Waals surface area (Å²) in [4.78, 5) is 0. The highest BCUT2D eigenvalue weighted by Crippen LogP contribution is 2.22. The fourth-order valence-corrected chi connectivity index (χ4v) is 2.86. The molecule has 2 rings (SSSR count). The van der Waals surface area contributed by atoms with Crippen molar-refractivity contribution < 1.29 is 9.47 Å². The van der Waals surface area contributed by atoms with Crippen LogP contribution in [0.5, 0.6) is 0 Å². The molecule has 0 unspecified atom stereocenters. The van der Waals surface area contributed by atoms with Gasteiger partial charge in [-0.3, -0.25) is 0 Å². The zero-order valence-electron chi connectivity index (χ0n) is 12.8. The number of ether oxygens (including phenoxy) is 2. The van der Waals surface area contributed by atoms with Crippen molar-refractivity contribution in [3.63, 3.8) is 0 Å². The minimum Gasteiger partial charge on any atom is -0.349 e. The molecule has 20 heavy (non-hydrogen) atoms. The van der Waals surface area contributed by atoms with E-state index in [4.69, 9.17) is 9.47 Å². The first kappa shape index (κ1) is 15.5. The maximum atomic E-state index is 5.84. The van der Waals surface area contributed by atoms with E-state index in [9.17, 15) is 0 Å². The highest BCUT2D eigenvalue weighted by atomic mass is 16.7. The van der Waals surface area contributed by atoms with Crippen molar-refractivity contribution in [3.8, 4) is 0 Å². The fourth-order valence-electron chi connectivity index (χ4n) is 2.86. The number of allylic oxidation sites excluding steroid dienone is 3. The van der Waals surface area contributed by atoms with E-state index >= 15 is 0 Å². The molecule has 0 aromatic carbocycles. The second kappa shape index (κ2) is 9.15. The van der Waals surface area contributed by atoms with E-state index in [2.05, 4.69) is 12.2 Å². The summed E-state index contributed by atoms with van der Waals surface area (Å²) in [7, 11) is 0. The van der Waals surface area contributed by atoms with Crippen LogP contribution in [-0.2, 0) is 9.47 Å². The molecule has 0 aliphatic heterocycles. The summed E-state index contributed by atoms with van der Waals surface area (Å²) in [6, 6.07) is 0. The van der Waals surface area contributed by atoms with E-state index in [-0.39, 0.29) is 6.29 Å². The van der Waals surface area contributed by atoms with Gasteiger partial charge in [0.25, 0.3) is 0 Å². The monoisotopic (exact) mass is 276 g/mol. The average Bonchev–Trinajstić information content (AvgIpc) is 3.11. The Morgan fingerprint density at radius 3 is 1.95 bits per heavy atom. The van der Waals surface area contributed by atoms with Crippen LogP contribution < -0.4 is 0 Å². The average molecular weight is 276 g/mol. The molecule has 2 nitrogen and oxygen atoms in total. The first-order valence-electron chi connectivity index (χ1n) is 8.10. The smallest absolute Gasteiger partial charge is 0.176 e. The van der Waals surface area contributed by atoms with Gasteiger partial charge in [0.1, 0.15) is 0 Å². The van der Waals surface area contributed by atoms with Gasteiger partial charge in [0.15, 0.2) is 6.29 Å². The largest absolute Gasteiger partial charge is 0.349 e. The SMILES string of the molecule is CC=CC(OCCC1=CCCC1)OCCC1=CCCC1. The van der Waals surface area contributed by atoms with Gasteiger partial charge in [-0.1, -0.05) is 29.4 Å². The molecule has 0 saturated carbocycles. The van der Waals surface area contributed by atoms with Gasteiger partial charge in [-0.25, -0.2) is 0 Å². The quantitative estimate of drug-likeness (QED) is 0.439. The molecule has 0 fully saturated rings. The lowest BCUT2D eigenvalue weighted by Gasteiger charge is -2.15. The molecule has 0 atom stereocenters. The third-order valence-electron chi connectivity index (χ3n) is 4.03. The Hall–Kier alpha value is -0.860. The minimum absolute atomic E-state index is 0.177. The molecule has 0 spiro atoms. The van der Waals surface area contributed by atoms with Crippen LogP contribution in [0.15, 0.2) is 35.5 Å². The predicted octanol–water partition coefficient (Wildman–Crippen LogP) is 4.92. The lowest BCUT2D eigenvalue weighted by atomic mass is 10.2. The van der Waals surface area contributed by atoms with Gasteiger partial charge in [-0.2, -0.15) is 0 Å². The molecule has 2 aliphatic carbocycles. The molecule has 0 aromatic heterocycles. The molecular formula is C18H28O2. The topological polar surface area (TPSA) is 18.5 Å². The van der Waals surface area contributed by atoms with Crippen molar-refractivity contribution in [3.05, 3.63) is 35.5 Å². The van der Waals surface area contributed by atoms with Crippen molar-refractivity contribution in [2.24, 2.45) is 0 Å². The molecule has 0 heterocycles. The van der Waals surface area contributed by atoms with Gasteiger partial charge in [-0.05, 0) is 64.4 Å². The second-order valence-electron chi connectivity index (χ2n) is 5.64. The Morgan fingerprint density at radius 1 is 1.00 bits per heavy atom. The highest BCUT2D eigenvalue weighted by Gasteiger charge is 2.09. The first-order valence-corrected chi connectivity index (χ1v) is 8.10. The third-order valence-corrected chi connectivity index (χ3v) is 4.03. The Labute approximate surface area is 123 Å². The first-order chi connectivity index (χ1) is 9.88. The van der Waals surface area contributed by atoms with Gasteiger partial charge in [-0.15, -0.1) is 0 Å². The van der Waals surface area contributed by atoms with Crippen molar-refractivity contribution in [1.82, 2.24) is 0 Å². The normalized spacial score (nSPS) is 19.1. The number of rotatable bonds is 9. The third kappa shape index (κ3) is 5.64. The van der Waals surface area contributed by atoms with Crippen molar-refractivity contribution in [2.75, 3.05) is 13.2 Å². The number of hydrogen-bond donors (Lipinski definition) is 0. The Kier molecular flexibility index (Phi) is 7.10. The van der Waals surface area contributed by atoms with Crippen LogP contribution in [0.1, 0.15) is 58.3 Å². The summed E-state index contributed by atoms with van der Waals surface area (Å²) in [6.45, 7) is 3.55. The van der Waals surface area contributed by atoms with Crippen molar-refractivity contribution in [2.45, 2.75) is 64.6 Å². The van der Waals surface area contributed by atoms with Crippen LogP contribution in [0.2, 0.25) is 0 Å². The lowest BCUT2D eigenvalue weighted by molar-refractivity contribution is -0.110. The molecule has 0 amide bonds. The van der Waals surface area contributed by atoms with E-state index in [1.54, 1.807) is 11.1 Å². The summed E-state index contributed by atoms with van der Waals surface area (Å²) in [6.07, 6.45) is 18.3. The molecule has 0 bridgehead atoms. The van der Waals surface area contributed by atoms with Crippen LogP contribution in [0, 0.1) is 0 Å². The van der Waals surface area contributed by atoms with Gasteiger partial charge in [0.2, 0.25) is 0 Å². The highest BCUT2D eigenvalue weighted by molar-refractivity contribution is 5.07. The molecule has 0 N–H and O–H groups in total. The zero-order valence-corrected chi connectivity index (χ0v) is 12.8. The van der Waals surface area contributed by atoms with Crippen LogP contribution in [-0.4, -0.2) is 19.5 Å². The van der Waals surface area contributed by atoms with Crippen LogP contribution in [0.4, 0.5) is 0 Å². The van der Waals surface area contributed by atoms with Crippen LogP contribution in [0.3, 0.4) is 0 Å². The van der Waals surface area contributed by atoms with Crippen LogP contribution in [0.25, 0.3) is 0 Å². The predicted molar refractivity (Wildman–Crippen MR) is 83.6 cm³/mol. The van der Waals surface area contributed by atoms with Gasteiger partial charge < -0.3 is 9.47 Å². The van der Waals surface area contributed by atoms with E-state index in [0.717, 1.165) is 26.1 Å². The van der Waals surface area contributed by atoms with Gasteiger partial charge >= 0.3 is 0 Å². The van der Waals surface area contributed by atoms with Crippen molar-refractivity contribution in [1.29, 1.82) is 0 Å². The molecule has 2 heteroatoms. The van der Waals surface area contributed by atoms with E-state index < -0.39 is 0 Å².